The van der Waals surface area contributed by atoms with E-state index in [0.29, 0.717) is 5.56 Å². The Morgan fingerprint density at radius 3 is 2.30 bits per heavy atom. The molecule has 2 rings (SSSR count). The molecule has 0 aliphatic heterocycles. The quantitative estimate of drug-likeness (QED) is 0.935. The minimum atomic E-state index is -4.31. The molecule has 1 aromatic heterocycles. The molecule has 0 aliphatic rings. The van der Waals surface area contributed by atoms with Crippen molar-refractivity contribution in [1.82, 2.24) is 15.1 Å². The van der Waals surface area contributed by atoms with Crippen LogP contribution in [0.15, 0.2) is 30.3 Å². The number of benzene rings is 1. The van der Waals surface area contributed by atoms with Crippen molar-refractivity contribution in [3.63, 3.8) is 0 Å². The van der Waals surface area contributed by atoms with Crippen LogP contribution in [0.25, 0.3) is 11.3 Å². The second-order valence-corrected chi connectivity index (χ2v) is 4.66. The van der Waals surface area contributed by atoms with Crippen LogP contribution in [-0.2, 0) is 13.2 Å². The highest BCUT2D eigenvalue weighted by atomic mass is 19.4. The van der Waals surface area contributed by atoms with Crippen LogP contribution in [-0.4, -0.2) is 16.8 Å². The average molecular weight is 283 g/mol. The number of aryl methyl sites for hydroxylation is 1. The Balaban J connectivity index is 2.35. The molecule has 0 aliphatic carbocycles. The number of hydrogen-bond donors (Lipinski definition) is 1. The molecule has 0 bridgehead atoms. The fourth-order valence-corrected chi connectivity index (χ4v) is 1.95. The zero-order valence-corrected chi connectivity index (χ0v) is 11.5. The Hall–Kier alpha value is -1.82. The summed E-state index contributed by atoms with van der Waals surface area (Å²) in [5.41, 5.74) is 1.70. The van der Waals surface area contributed by atoms with Crippen molar-refractivity contribution >= 4 is 0 Å². The van der Waals surface area contributed by atoms with Gasteiger partial charge in [-0.25, -0.2) is 0 Å². The van der Waals surface area contributed by atoms with Gasteiger partial charge in [-0.3, -0.25) is 4.68 Å². The van der Waals surface area contributed by atoms with E-state index in [2.05, 4.69) is 10.4 Å². The van der Waals surface area contributed by atoms with Crippen LogP contribution in [0, 0.1) is 0 Å². The van der Waals surface area contributed by atoms with E-state index < -0.39 is 11.7 Å². The lowest BCUT2D eigenvalue weighted by Gasteiger charge is -2.07. The van der Waals surface area contributed by atoms with E-state index >= 15 is 0 Å². The molecule has 0 saturated heterocycles. The predicted octanol–water partition coefficient (Wildman–Crippen LogP) is 3.39. The summed E-state index contributed by atoms with van der Waals surface area (Å²) in [5, 5.41) is 7.44. The van der Waals surface area contributed by atoms with Gasteiger partial charge in [0.25, 0.3) is 0 Å². The van der Waals surface area contributed by atoms with Crippen molar-refractivity contribution in [2.24, 2.45) is 7.05 Å². The molecule has 108 valence electrons. The third-order valence-corrected chi connectivity index (χ3v) is 3.28. The van der Waals surface area contributed by atoms with Gasteiger partial charge in [0, 0.05) is 13.1 Å². The molecule has 2 aromatic rings. The summed E-state index contributed by atoms with van der Waals surface area (Å²) >= 11 is 0. The minimum Gasteiger partial charge on any atom is -0.312 e. The molecular formula is C14H16F3N3. The van der Waals surface area contributed by atoms with Gasteiger partial charge in [0.05, 0.1) is 17.0 Å². The SMILES string of the molecule is CNC(C)c1cc(-c2ccc(C(F)(F)F)cc2)n(C)n1. The van der Waals surface area contributed by atoms with Gasteiger partial charge >= 0.3 is 6.18 Å². The number of halogens is 3. The molecule has 3 nitrogen and oxygen atoms in total. The van der Waals surface area contributed by atoms with Gasteiger partial charge in [-0.2, -0.15) is 18.3 Å². The van der Waals surface area contributed by atoms with Gasteiger partial charge in [0.15, 0.2) is 0 Å². The van der Waals surface area contributed by atoms with Crippen LogP contribution in [0.1, 0.15) is 24.2 Å². The second-order valence-electron chi connectivity index (χ2n) is 4.66. The van der Waals surface area contributed by atoms with Crippen LogP contribution in [0.4, 0.5) is 13.2 Å². The van der Waals surface area contributed by atoms with E-state index in [1.54, 1.807) is 11.7 Å². The molecule has 0 amide bonds. The van der Waals surface area contributed by atoms with E-state index in [1.807, 2.05) is 20.0 Å². The highest BCUT2D eigenvalue weighted by Gasteiger charge is 2.30. The molecule has 1 N–H and O–H groups in total. The zero-order valence-electron chi connectivity index (χ0n) is 11.5. The van der Waals surface area contributed by atoms with Gasteiger partial charge in [-0.05, 0) is 37.7 Å². The van der Waals surface area contributed by atoms with Gasteiger partial charge in [-0.1, -0.05) is 12.1 Å². The molecule has 6 heteroatoms. The van der Waals surface area contributed by atoms with Crippen LogP contribution >= 0.6 is 0 Å². The Morgan fingerprint density at radius 1 is 1.20 bits per heavy atom. The molecule has 20 heavy (non-hydrogen) atoms. The third-order valence-electron chi connectivity index (χ3n) is 3.28. The molecule has 1 aromatic carbocycles. The molecule has 1 atom stereocenters. The largest absolute Gasteiger partial charge is 0.416 e. The van der Waals surface area contributed by atoms with Crippen molar-refractivity contribution < 1.29 is 13.2 Å². The van der Waals surface area contributed by atoms with Crippen molar-refractivity contribution in [2.45, 2.75) is 19.1 Å². The lowest BCUT2D eigenvalue weighted by molar-refractivity contribution is -0.137. The first-order valence-electron chi connectivity index (χ1n) is 6.21. The van der Waals surface area contributed by atoms with Gasteiger partial charge in [-0.15, -0.1) is 0 Å². The van der Waals surface area contributed by atoms with Gasteiger partial charge < -0.3 is 5.32 Å². The van der Waals surface area contributed by atoms with Crippen LogP contribution in [0.5, 0.6) is 0 Å². The lowest BCUT2D eigenvalue weighted by atomic mass is 10.1. The van der Waals surface area contributed by atoms with Gasteiger partial charge in [0.2, 0.25) is 0 Å². The molecule has 1 unspecified atom stereocenters. The second kappa shape index (κ2) is 5.28. The summed E-state index contributed by atoms with van der Waals surface area (Å²) in [5.74, 6) is 0. The monoisotopic (exact) mass is 283 g/mol. The van der Waals surface area contributed by atoms with E-state index in [-0.39, 0.29) is 6.04 Å². The molecule has 0 fully saturated rings. The highest BCUT2D eigenvalue weighted by molar-refractivity contribution is 5.60. The predicted molar refractivity (Wildman–Crippen MR) is 71.1 cm³/mol. The first-order chi connectivity index (χ1) is 9.32. The summed E-state index contributed by atoms with van der Waals surface area (Å²) in [6.07, 6.45) is -4.31. The Bertz CT molecular complexity index is 585. The molecule has 0 radical (unpaired) electrons. The number of hydrogen-bond acceptors (Lipinski definition) is 2. The molecule has 0 spiro atoms. The summed E-state index contributed by atoms with van der Waals surface area (Å²) in [6, 6.07) is 7.07. The fraction of sp³-hybridized carbons (Fsp3) is 0.357. The summed E-state index contributed by atoms with van der Waals surface area (Å²) in [6.45, 7) is 1.97. The topological polar surface area (TPSA) is 29.9 Å². The normalized spacial score (nSPS) is 13.5. The minimum absolute atomic E-state index is 0.0874. The maximum atomic E-state index is 12.5. The van der Waals surface area contributed by atoms with Crippen LogP contribution in [0.2, 0.25) is 0 Å². The van der Waals surface area contributed by atoms with E-state index in [9.17, 15) is 13.2 Å². The average Bonchev–Trinajstić information content (AvgIpc) is 2.79. The number of alkyl halides is 3. The highest BCUT2D eigenvalue weighted by Crippen LogP contribution is 2.31. The van der Waals surface area contributed by atoms with E-state index in [4.69, 9.17) is 0 Å². The third kappa shape index (κ3) is 2.85. The summed E-state index contributed by atoms with van der Waals surface area (Å²) in [7, 11) is 3.61. The number of aromatic nitrogens is 2. The Labute approximate surface area is 115 Å². The Morgan fingerprint density at radius 2 is 1.80 bits per heavy atom. The number of nitrogens with one attached hydrogen (secondary N) is 1. The van der Waals surface area contributed by atoms with Crippen LogP contribution < -0.4 is 5.32 Å². The number of rotatable bonds is 3. The first kappa shape index (κ1) is 14.6. The lowest BCUT2D eigenvalue weighted by Crippen LogP contribution is -2.13. The number of nitrogens with zero attached hydrogens (tertiary/aromatic N) is 2. The molecule has 0 saturated carbocycles. The standard InChI is InChI=1S/C14H16F3N3/c1-9(18-2)12-8-13(20(3)19-12)10-4-6-11(7-5-10)14(15,16)17/h4-9,18H,1-3H3. The Kier molecular flexibility index (Phi) is 3.85. The maximum Gasteiger partial charge on any atom is 0.416 e. The maximum absolute atomic E-state index is 12.5. The summed E-state index contributed by atoms with van der Waals surface area (Å²) in [4.78, 5) is 0. The summed E-state index contributed by atoms with van der Waals surface area (Å²) < 4.78 is 39.3. The molecular weight excluding hydrogens is 267 g/mol. The van der Waals surface area contributed by atoms with E-state index in [1.165, 1.54) is 12.1 Å². The van der Waals surface area contributed by atoms with Gasteiger partial charge in [0.1, 0.15) is 0 Å². The zero-order chi connectivity index (χ0) is 14.9. The van der Waals surface area contributed by atoms with Crippen molar-refractivity contribution in [1.29, 1.82) is 0 Å². The van der Waals surface area contributed by atoms with Crippen molar-refractivity contribution in [2.75, 3.05) is 7.05 Å². The molecule has 1 heterocycles. The smallest absolute Gasteiger partial charge is 0.312 e. The van der Waals surface area contributed by atoms with Crippen LogP contribution in [0.3, 0.4) is 0 Å². The fourth-order valence-electron chi connectivity index (χ4n) is 1.95. The first-order valence-corrected chi connectivity index (χ1v) is 6.21. The van der Waals surface area contributed by atoms with Crippen molar-refractivity contribution in [3.8, 4) is 11.3 Å². The van der Waals surface area contributed by atoms with Crippen molar-refractivity contribution in [3.05, 3.63) is 41.6 Å². The van der Waals surface area contributed by atoms with E-state index in [0.717, 1.165) is 23.5 Å².